The van der Waals surface area contributed by atoms with Gasteiger partial charge in [0, 0.05) is 13.1 Å². The number of rotatable bonds is 2. The molecule has 3 heteroatoms. The maximum Gasteiger partial charge on any atom is 0.237 e. The summed E-state index contributed by atoms with van der Waals surface area (Å²) in [5.41, 5.74) is 3.98. The molecule has 17 heavy (non-hydrogen) atoms. The minimum atomic E-state index is 0.0345. The topological polar surface area (TPSA) is 20.3 Å². The van der Waals surface area contributed by atoms with Crippen molar-refractivity contribution < 1.29 is 4.79 Å². The molecule has 1 amide bonds. The van der Waals surface area contributed by atoms with Crippen molar-refractivity contribution in [1.82, 2.24) is 4.90 Å². The van der Waals surface area contributed by atoms with E-state index in [9.17, 15) is 4.79 Å². The third-order valence-electron chi connectivity index (χ3n) is 3.38. The average Bonchev–Trinajstić information content (AvgIpc) is 2.36. The Morgan fingerprint density at radius 1 is 1.41 bits per heavy atom. The number of alkyl halides is 1. The maximum absolute atomic E-state index is 11.6. The normalized spacial score (nSPS) is 14.9. The van der Waals surface area contributed by atoms with Crippen LogP contribution in [0.2, 0.25) is 0 Å². The molecule has 1 aromatic carbocycles. The van der Waals surface area contributed by atoms with E-state index >= 15 is 0 Å². The van der Waals surface area contributed by atoms with Crippen LogP contribution in [0.4, 0.5) is 0 Å². The predicted octanol–water partition coefficient (Wildman–Crippen LogP) is 2.93. The molecule has 0 N–H and O–H groups in total. The van der Waals surface area contributed by atoms with E-state index < -0.39 is 0 Å². The summed E-state index contributed by atoms with van der Waals surface area (Å²) in [5.74, 6) is 0.644. The lowest BCUT2D eigenvalue weighted by atomic mass is 9.93. The zero-order chi connectivity index (χ0) is 12.4. The molecule has 1 heterocycles. The SMILES string of the molecule is CC(C)c1ccc2c(c1)CN(C(=O)CCl)CC2. The van der Waals surface area contributed by atoms with Crippen molar-refractivity contribution in [3.63, 3.8) is 0 Å². The van der Waals surface area contributed by atoms with Gasteiger partial charge in [0.1, 0.15) is 5.88 Å². The third-order valence-corrected chi connectivity index (χ3v) is 3.60. The summed E-state index contributed by atoms with van der Waals surface area (Å²) >= 11 is 5.60. The van der Waals surface area contributed by atoms with Crippen molar-refractivity contribution in [3.8, 4) is 0 Å². The van der Waals surface area contributed by atoms with E-state index in [1.54, 1.807) is 0 Å². The van der Waals surface area contributed by atoms with Gasteiger partial charge in [-0.25, -0.2) is 0 Å². The smallest absolute Gasteiger partial charge is 0.237 e. The van der Waals surface area contributed by atoms with Crippen LogP contribution in [0.3, 0.4) is 0 Å². The van der Waals surface area contributed by atoms with Crippen LogP contribution in [-0.4, -0.2) is 23.2 Å². The second-order valence-electron chi connectivity index (χ2n) is 4.88. The largest absolute Gasteiger partial charge is 0.337 e. The Morgan fingerprint density at radius 3 is 2.82 bits per heavy atom. The van der Waals surface area contributed by atoms with Gasteiger partial charge >= 0.3 is 0 Å². The number of halogens is 1. The third kappa shape index (κ3) is 2.63. The second kappa shape index (κ2) is 5.09. The first-order valence-corrected chi connectivity index (χ1v) is 6.60. The molecule has 0 aliphatic carbocycles. The van der Waals surface area contributed by atoms with Gasteiger partial charge in [-0.15, -0.1) is 11.6 Å². The monoisotopic (exact) mass is 251 g/mol. The van der Waals surface area contributed by atoms with E-state index in [0.717, 1.165) is 13.0 Å². The number of carbonyl (C=O) groups is 1. The zero-order valence-electron chi connectivity index (χ0n) is 10.4. The van der Waals surface area contributed by atoms with Crippen LogP contribution < -0.4 is 0 Å². The Balaban J connectivity index is 2.23. The lowest BCUT2D eigenvalue weighted by molar-refractivity contribution is -0.129. The van der Waals surface area contributed by atoms with Crippen LogP contribution in [0.1, 0.15) is 36.5 Å². The molecule has 0 fully saturated rings. The van der Waals surface area contributed by atoms with Gasteiger partial charge in [-0.1, -0.05) is 32.0 Å². The van der Waals surface area contributed by atoms with Gasteiger partial charge in [-0.3, -0.25) is 4.79 Å². The first-order chi connectivity index (χ1) is 8.11. The molecule has 1 aliphatic rings. The maximum atomic E-state index is 11.6. The number of benzene rings is 1. The molecule has 0 atom stereocenters. The number of amides is 1. The molecule has 0 radical (unpaired) electrons. The highest BCUT2D eigenvalue weighted by atomic mass is 35.5. The van der Waals surface area contributed by atoms with Gasteiger partial charge in [-0.05, 0) is 29.0 Å². The minimum Gasteiger partial charge on any atom is -0.337 e. The Hall–Kier alpha value is -1.02. The van der Waals surface area contributed by atoms with E-state index in [2.05, 4.69) is 32.0 Å². The van der Waals surface area contributed by atoms with Gasteiger partial charge in [0.15, 0.2) is 0 Å². The Kier molecular flexibility index (Phi) is 3.72. The standard InChI is InChI=1S/C14H18ClNO/c1-10(2)12-4-3-11-5-6-16(14(17)8-15)9-13(11)7-12/h3-4,7,10H,5-6,8-9H2,1-2H3. The molecule has 2 nitrogen and oxygen atoms in total. The number of fused-ring (bicyclic) bond motifs is 1. The molecule has 0 saturated heterocycles. The number of hydrogen-bond acceptors (Lipinski definition) is 1. The van der Waals surface area contributed by atoms with Crippen LogP contribution >= 0.6 is 11.6 Å². The lowest BCUT2D eigenvalue weighted by Gasteiger charge is -2.29. The highest BCUT2D eigenvalue weighted by Crippen LogP contribution is 2.24. The molecule has 0 aromatic heterocycles. The molecular formula is C14H18ClNO. The fraction of sp³-hybridized carbons (Fsp3) is 0.500. The Morgan fingerprint density at radius 2 is 2.18 bits per heavy atom. The predicted molar refractivity (Wildman–Crippen MR) is 70.4 cm³/mol. The summed E-state index contributed by atoms with van der Waals surface area (Å²) in [6.07, 6.45) is 0.941. The van der Waals surface area contributed by atoms with Crippen molar-refractivity contribution in [1.29, 1.82) is 0 Å². The summed E-state index contributed by atoms with van der Waals surface area (Å²) < 4.78 is 0. The minimum absolute atomic E-state index is 0.0345. The average molecular weight is 252 g/mol. The number of carbonyl (C=O) groups excluding carboxylic acids is 1. The first kappa shape index (κ1) is 12.4. The van der Waals surface area contributed by atoms with Gasteiger partial charge in [0.2, 0.25) is 5.91 Å². The highest BCUT2D eigenvalue weighted by molar-refractivity contribution is 6.27. The molecule has 0 saturated carbocycles. The van der Waals surface area contributed by atoms with Crippen molar-refractivity contribution in [3.05, 3.63) is 34.9 Å². The fourth-order valence-electron chi connectivity index (χ4n) is 2.23. The van der Waals surface area contributed by atoms with Crippen molar-refractivity contribution in [2.75, 3.05) is 12.4 Å². The summed E-state index contributed by atoms with van der Waals surface area (Å²) in [7, 11) is 0. The van der Waals surface area contributed by atoms with Crippen molar-refractivity contribution in [2.45, 2.75) is 32.7 Å². The van der Waals surface area contributed by atoms with E-state index in [-0.39, 0.29) is 11.8 Å². The van der Waals surface area contributed by atoms with Gasteiger partial charge < -0.3 is 4.90 Å². The van der Waals surface area contributed by atoms with Crippen molar-refractivity contribution in [2.24, 2.45) is 0 Å². The van der Waals surface area contributed by atoms with E-state index in [1.807, 2.05) is 4.90 Å². The molecule has 0 unspecified atom stereocenters. The van der Waals surface area contributed by atoms with Crippen molar-refractivity contribution >= 4 is 17.5 Å². The molecule has 2 rings (SSSR count). The molecule has 1 aliphatic heterocycles. The van der Waals surface area contributed by atoms with E-state index in [0.29, 0.717) is 12.5 Å². The molecule has 0 bridgehead atoms. The van der Waals surface area contributed by atoms with E-state index in [4.69, 9.17) is 11.6 Å². The summed E-state index contributed by atoms with van der Waals surface area (Å²) in [6.45, 7) is 5.87. The van der Waals surface area contributed by atoms with Crippen LogP contribution in [-0.2, 0) is 17.8 Å². The summed E-state index contributed by atoms with van der Waals surface area (Å²) in [4.78, 5) is 13.4. The quantitative estimate of drug-likeness (QED) is 0.740. The second-order valence-corrected chi connectivity index (χ2v) is 5.15. The van der Waals surface area contributed by atoms with Crippen LogP contribution in [0.25, 0.3) is 0 Å². The first-order valence-electron chi connectivity index (χ1n) is 6.07. The van der Waals surface area contributed by atoms with Gasteiger partial charge in [0.25, 0.3) is 0 Å². The van der Waals surface area contributed by atoms with Crippen LogP contribution in [0, 0.1) is 0 Å². The van der Waals surface area contributed by atoms with Gasteiger partial charge in [-0.2, -0.15) is 0 Å². The fourth-order valence-corrected chi connectivity index (χ4v) is 2.40. The molecule has 92 valence electrons. The molecular weight excluding hydrogens is 234 g/mol. The summed E-state index contributed by atoms with van der Waals surface area (Å²) in [5, 5.41) is 0. The number of hydrogen-bond donors (Lipinski definition) is 0. The summed E-state index contributed by atoms with van der Waals surface area (Å²) in [6, 6.07) is 6.63. The number of nitrogens with zero attached hydrogens (tertiary/aromatic N) is 1. The zero-order valence-corrected chi connectivity index (χ0v) is 11.1. The lowest BCUT2D eigenvalue weighted by Crippen LogP contribution is -2.36. The molecule has 1 aromatic rings. The van der Waals surface area contributed by atoms with Crippen LogP contribution in [0.15, 0.2) is 18.2 Å². The molecule has 0 spiro atoms. The Bertz CT molecular complexity index is 428. The van der Waals surface area contributed by atoms with Gasteiger partial charge in [0.05, 0.1) is 0 Å². The Labute approximate surface area is 108 Å². The highest BCUT2D eigenvalue weighted by Gasteiger charge is 2.20. The van der Waals surface area contributed by atoms with E-state index in [1.165, 1.54) is 16.7 Å². The van der Waals surface area contributed by atoms with Crippen LogP contribution in [0.5, 0.6) is 0 Å².